The average Bonchev–Trinajstić information content (AvgIpc) is 3.04. The maximum atomic E-state index is 5.95. The Hall–Kier alpha value is -0.350. The van der Waals surface area contributed by atoms with Crippen molar-refractivity contribution in [2.24, 2.45) is 5.41 Å². The Morgan fingerprint density at radius 3 is 2.72 bits per heavy atom. The Kier molecular flexibility index (Phi) is 3.06. The molecule has 2 fully saturated rings. The first-order chi connectivity index (χ1) is 8.58. The molecule has 1 aromatic heterocycles. The molecule has 0 bridgehead atoms. The number of rotatable bonds is 3. The second kappa shape index (κ2) is 4.34. The predicted octanol–water partition coefficient (Wildman–Crippen LogP) is 3.69. The highest BCUT2D eigenvalue weighted by Crippen LogP contribution is 2.59. The minimum Gasteiger partial charge on any atom is -0.376 e. The van der Waals surface area contributed by atoms with E-state index in [1.165, 1.54) is 44.2 Å². The molecule has 1 unspecified atom stereocenters. The lowest BCUT2D eigenvalue weighted by atomic mass is 9.75. The zero-order chi connectivity index (χ0) is 12.8. The summed E-state index contributed by atoms with van der Waals surface area (Å²) in [7, 11) is 1.87. The molecule has 3 rings (SSSR count). The molecule has 1 heterocycles. The molecule has 18 heavy (non-hydrogen) atoms. The van der Waals surface area contributed by atoms with Gasteiger partial charge in [0.2, 0.25) is 0 Å². The van der Waals surface area contributed by atoms with Crippen LogP contribution in [0.25, 0.3) is 0 Å². The first kappa shape index (κ1) is 12.7. The summed E-state index contributed by atoms with van der Waals surface area (Å²) in [6.45, 7) is 3.00. The zero-order valence-electron chi connectivity index (χ0n) is 11.2. The number of hydrogen-bond acceptors (Lipinski definition) is 2. The Bertz CT molecular complexity index is 453. The van der Waals surface area contributed by atoms with Gasteiger partial charge in [0.05, 0.1) is 22.8 Å². The first-order valence-corrected chi connectivity index (χ1v) is 7.61. The highest BCUT2D eigenvalue weighted by molar-refractivity contribution is 9.10. The van der Waals surface area contributed by atoms with Gasteiger partial charge in [-0.05, 0) is 66.8 Å². The molecule has 4 heteroatoms. The molecule has 3 nitrogen and oxygen atoms in total. The summed E-state index contributed by atoms with van der Waals surface area (Å²) in [6, 6.07) is 0. The van der Waals surface area contributed by atoms with Crippen molar-refractivity contribution in [3.05, 3.63) is 16.4 Å². The van der Waals surface area contributed by atoms with E-state index in [1.807, 2.05) is 13.3 Å². The monoisotopic (exact) mass is 312 g/mol. The lowest BCUT2D eigenvalue weighted by molar-refractivity contribution is -0.0737. The predicted molar refractivity (Wildman–Crippen MR) is 74.5 cm³/mol. The molecule has 0 radical (unpaired) electrons. The standard InChI is InChI=1S/C14H21BrN2O/c1-11-12(15)8-16-17(11)10-14(18-2)5-3-4-13(9-14)6-7-13/h8H,3-7,9-10H2,1-2H3. The lowest BCUT2D eigenvalue weighted by Crippen LogP contribution is -2.42. The van der Waals surface area contributed by atoms with Crippen LogP contribution in [0.3, 0.4) is 0 Å². The summed E-state index contributed by atoms with van der Waals surface area (Å²) in [5.41, 5.74) is 1.82. The summed E-state index contributed by atoms with van der Waals surface area (Å²) in [5.74, 6) is 0. The van der Waals surface area contributed by atoms with Crippen molar-refractivity contribution in [1.29, 1.82) is 0 Å². The summed E-state index contributed by atoms with van der Waals surface area (Å²) < 4.78 is 9.13. The van der Waals surface area contributed by atoms with Crippen LogP contribution in [0.4, 0.5) is 0 Å². The Labute approximate surface area is 117 Å². The zero-order valence-corrected chi connectivity index (χ0v) is 12.8. The molecule has 0 N–H and O–H groups in total. The van der Waals surface area contributed by atoms with Crippen LogP contribution in [0.5, 0.6) is 0 Å². The van der Waals surface area contributed by atoms with E-state index in [4.69, 9.17) is 4.74 Å². The van der Waals surface area contributed by atoms with Gasteiger partial charge in [0.25, 0.3) is 0 Å². The Morgan fingerprint density at radius 1 is 1.39 bits per heavy atom. The third-order valence-corrected chi connectivity index (χ3v) is 5.69. The molecule has 0 aromatic carbocycles. The van der Waals surface area contributed by atoms with Gasteiger partial charge >= 0.3 is 0 Å². The second-order valence-corrected chi connectivity index (χ2v) is 7.01. The van der Waals surface area contributed by atoms with Gasteiger partial charge in [0, 0.05) is 12.8 Å². The third-order valence-electron chi connectivity index (χ3n) is 4.91. The number of ether oxygens (including phenoxy) is 1. The fourth-order valence-corrected chi connectivity index (χ4v) is 3.78. The molecule has 0 amide bonds. The van der Waals surface area contributed by atoms with Crippen molar-refractivity contribution >= 4 is 15.9 Å². The van der Waals surface area contributed by atoms with E-state index in [-0.39, 0.29) is 5.60 Å². The van der Waals surface area contributed by atoms with Crippen molar-refractivity contribution in [2.45, 2.75) is 57.6 Å². The molecule has 2 aliphatic carbocycles. The third kappa shape index (κ3) is 2.14. The van der Waals surface area contributed by atoms with Crippen LogP contribution in [-0.4, -0.2) is 22.5 Å². The topological polar surface area (TPSA) is 27.1 Å². The van der Waals surface area contributed by atoms with Crippen LogP contribution in [0.1, 0.15) is 44.2 Å². The minimum absolute atomic E-state index is 0.00493. The van der Waals surface area contributed by atoms with Crippen molar-refractivity contribution in [3.8, 4) is 0 Å². The van der Waals surface area contributed by atoms with Crippen LogP contribution in [0, 0.1) is 12.3 Å². The normalized spacial score (nSPS) is 29.7. The van der Waals surface area contributed by atoms with E-state index < -0.39 is 0 Å². The van der Waals surface area contributed by atoms with E-state index in [2.05, 4.69) is 32.6 Å². The average molecular weight is 313 g/mol. The molecular weight excluding hydrogens is 292 g/mol. The van der Waals surface area contributed by atoms with Crippen LogP contribution < -0.4 is 0 Å². The Morgan fingerprint density at radius 2 is 2.17 bits per heavy atom. The molecule has 2 saturated carbocycles. The largest absolute Gasteiger partial charge is 0.376 e. The van der Waals surface area contributed by atoms with Crippen LogP contribution >= 0.6 is 15.9 Å². The van der Waals surface area contributed by atoms with Crippen LogP contribution in [-0.2, 0) is 11.3 Å². The van der Waals surface area contributed by atoms with Gasteiger partial charge in [0.15, 0.2) is 0 Å². The van der Waals surface area contributed by atoms with Crippen molar-refractivity contribution in [3.63, 3.8) is 0 Å². The molecule has 100 valence electrons. The second-order valence-electron chi connectivity index (χ2n) is 6.15. The van der Waals surface area contributed by atoms with Crippen molar-refractivity contribution in [1.82, 2.24) is 9.78 Å². The van der Waals surface area contributed by atoms with Crippen LogP contribution in [0.15, 0.2) is 10.7 Å². The van der Waals surface area contributed by atoms with E-state index >= 15 is 0 Å². The van der Waals surface area contributed by atoms with Gasteiger partial charge in [-0.2, -0.15) is 5.10 Å². The minimum atomic E-state index is 0.00493. The summed E-state index contributed by atoms with van der Waals surface area (Å²) in [5, 5.41) is 4.46. The molecule has 1 spiro atoms. The highest BCUT2D eigenvalue weighted by atomic mass is 79.9. The van der Waals surface area contributed by atoms with E-state index in [9.17, 15) is 0 Å². The maximum Gasteiger partial charge on any atom is 0.0879 e. The molecular formula is C14H21BrN2O. The Balaban J connectivity index is 1.81. The van der Waals surface area contributed by atoms with Crippen molar-refractivity contribution in [2.75, 3.05) is 7.11 Å². The summed E-state index contributed by atoms with van der Waals surface area (Å²) in [6.07, 6.45) is 9.78. The first-order valence-electron chi connectivity index (χ1n) is 6.81. The number of halogens is 1. The lowest BCUT2D eigenvalue weighted by Gasteiger charge is -2.40. The quantitative estimate of drug-likeness (QED) is 0.851. The maximum absolute atomic E-state index is 5.95. The highest BCUT2D eigenvalue weighted by Gasteiger charge is 2.52. The van der Waals surface area contributed by atoms with Gasteiger partial charge in [0.1, 0.15) is 0 Å². The number of methoxy groups -OCH3 is 1. The molecule has 1 aromatic rings. The van der Waals surface area contributed by atoms with Gasteiger partial charge < -0.3 is 4.74 Å². The molecule has 0 saturated heterocycles. The fraction of sp³-hybridized carbons (Fsp3) is 0.786. The van der Waals surface area contributed by atoms with Gasteiger partial charge in [-0.3, -0.25) is 4.68 Å². The summed E-state index contributed by atoms with van der Waals surface area (Å²) in [4.78, 5) is 0. The number of nitrogens with zero attached hydrogens (tertiary/aromatic N) is 2. The number of aromatic nitrogens is 2. The van der Waals surface area contributed by atoms with Gasteiger partial charge in [-0.25, -0.2) is 0 Å². The SMILES string of the molecule is COC1(Cn2ncc(Br)c2C)CCCC2(CC2)C1. The fourth-order valence-electron chi connectivity index (χ4n) is 3.48. The smallest absolute Gasteiger partial charge is 0.0879 e. The van der Waals surface area contributed by atoms with E-state index in [0.717, 1.165) is 11.0 Å². The van der Waals surface area contributed by atoms with Gasteiger partial charge in [-0.1, -0.05) is 0 Å². The molecule has 0 aliphatic heterocycles. The van der Waals surface area contributed by atoms with Crippen LogP contribution in [0.2, 0.25) is 0 Å². The van der Waals surface area contributed by atoms with E-state index in [0.29, 0.717) is 5.41 Å². The summed E-state index contributed by atoms with van der Waals surface area (Å²) >= 11 is 3.53. The van der Waals surface area contributed by atoms with E-state index in [1.54, 1.807) is 0 Å². The van der Waals surface area contributed by atoms with Crippen molar-refractivity contribution < 1.29 is 4.74 Å². The van der Waals surface area contributed by atoms with Gasteiger partial charge in [-0.15, -0.1) is 0 Å². The molecule has 2 aliphatic rings. The number of hydrogen-bond donors (Lipinski definition) is 0. The molecule has 1 atom stereocenters.